The molecule has 0 aliphatic heterocycles. The number of methoxy groups -OCH3 is 1. The van der Waals surface area contributed by atoms with Gasteiger partial charge in [0.05, 0.1) is 19.8 Å². The maximum absolute atomic E-state index is 13.5. The predicted octanol–water partition coefficient (Wildman–Crippen LogP) is 1.89. The van der Waals surface area contributed by atoms with Crippen molar-refractivity contribution in [2.75, 3.05) is 33.5 Å². The topological polar surface area (TPSA) is 53.7 Å². The second kappa shape index (κ2) is 8.79. The molecule has 0 radical (unpaired) electrons. The van der Waals surface area contributed by atoms with Gasteiger partial charge in [0.2, 0.25) is 0 Å². The van der Waals surface area contributed by atoms with E-state index in [1.807, 2.05) is 0 Å². The standard InChI is InChI=1S/C13H18FNO3S/c1-16-7-8-17-5-2-6-18-10-3-4-11(13(15)19)12(14)9-10/h3-4,9H,2,5-8H2,1H3,(H2,15,19). The Kier molecular flexibility index (Phi) is 7.32. The lowest BCUT2D eigenvalue weighted by molar-refractivity contribution is 0.0644. The van der Waals surface area contributed by atoms with Crippen LogP contribution < -0.4 is 10.5 Å². The summed E-state index contributed by atoms with van der Waals surface area (Å²) in [6, 6.07) is 4.44. The van der Waals surface area contributed by atoms with Gasteiger partial charge in [0.1, 0.15) is 16.6 Å². The fourth-order valence-electron chi connectivity index (χ4n) is 1.38. The second-order valence-electron chi connectivity index (χ2n) is 3.81. The van der Waals surface area contributed by atoms with Crippen molar-refractivity contribution in [2.45, 2.75) is 6.42 Å². The van der Waals surface area contributed by atoms with Crippen molar-refractivity contribution in [1.29, 1.82) is 0 Å². The van der Waals surface area contributed by atoms with E-state index in [1.165, 1.54) is 12.1 Å². The van der Waals surface area contributed by atoms with Gasteiger partial charge in [0, 0.05) is 31.8 Å². The summed E-state index contributed by atoms with van der Waals surface area (Å²) in [6.07, 6.45) is 0.725. The van der Waals surface area contributed by atoms with Gasteiger partial charge >= 0.3 is 0 Å². The van der Waals surface area contributed by atoms with Gasteiger partial charge < -0.3 is 19.9 Å². The fraction of sp³-hybridized carbons (Fsp3) is 0.462. The molecular weight excluding hydrogens is 269 g/mol. The lowest BCUT2D eigenvalue weighted by atomic mass is 10.2. The zero-order valence-corrected chi connectivity index (χ0v) is 11.7. The van der Waals surface area contributed by atoms with E-state index in [0.717, 1.165) is 6.42 Å². The molecule has 0 saturated heterocycles. The minimum atomic E-state index is -0.471. The molecule has 6 heteroatoms. The monoisotopic (exact) mass is 287 g/mol. The molecule has 0 fully saturated rings. The molecule has 0 spiro atoms. The summed E-state index contributed by atoms with van der Waals surface area (Å²) in [6.45, 7) is 2.18. The molecule has 2 N–H and O–H groups in total. The van der Waals surface area contributed by atoms with Gasteiger partial charge in [-0.2, -0.15) is 0 Å². The molecule has 0 aromatic heterocycles. The van der Waals surface area contributed by atoms with Crippen LogP contribution in [-0.4, -0.2) is 38.5 Å². The van der Waals surface area contributed by atoms with E-state index >= 15 is 0 Å². The summed E-state index contributed by atoms with van der Waals surface area (Å²) < 4.78 is 29.0. The third-order valence-corrected chi connectivity index (χ3v) is 2.56. The molecule has 0 aliphatic carbocycles. The SMILES string of the molecule is COCCOCCCOc1ccc(C(N)=S)c(F)c1. The average molecular weight is 287 g/mol. The van der Waals surface area contributed by atoms with E-state index in [4.69, 9.17) is 32.2 Å². The molecule has 1 aromatic rings. The third kappa shape index (κ3) is 5.96. The van der Waals surface area contributed by atoms with Crippen molar-refractivity contribution in [1.82, 2.24) is 0 Å². The lowest BCUT2D eigenvalue weighted by Crippen LogP contribution is -2.12. The Morgan fingerprint density at radius 2 is 2.05 bits per heavy atom. The van der Waals surface area contributed by atoms with Crippen molar-refractivity contribution < 1.29 is 18.6 Å². The number of rotatable bonds is 9. The molecular formula is C13H18FNO3S. The van der Waals surface area contributed by atoms with Gasteiger partial charge in [-0.1, -0.05) is 12.2 Å². The van der Waals surface area contributed by atoms with Crippen molar-refractivity contribution in [2.24, 2.45) is 5.73 Å². The van der Waals surface area contributed by atoms with E-state index in [-0.39, 0.29) is 10.6 Å². The third-order valence-electron chi connectivity index (χ3n) is 2.34. The number of hydrogen-bond acceptors (Lipinski definition) is 4. The van der Waals surface area contributed by atoms with Gasteiger partial charge in [0.25, 0.3) is 0 Å². The first kappa shape index (κ1) is 15.8. The molecule has 0 bridgehead atoms. The Morgan fingerprint density at radius 3 is 2.68 bits per heavy atom. The molecule has 0 amide bonds. The number of hydrogen-bond donors (Lipinski definition) is 1. The largest absolute Gasteiger partial charge is 0.493 e. The van der Waals surface area contributed by atoms with Gasteiger partial charge in [0.15, 0.2) is 0 Å². The van der Waals surface area contributed by atoms with Crippen molar-refractivity contribution in [3.8, 4) is 5.75 Å². The highest BCUT2D eigenvalue weighted by atomic mass is 32.1. The van der Waals surface area contributed by atoms with Crippen LogP contribution in [0.2, 0.25) is 0 Å². The summed E-state index contributed by atoms with van der Waals surface area (Å²) >= 11 is 4.72. The number of nitrogens with two attached hydrogens (primary N) is 1. The highest BCUT2D eigenvalue weighted by Gasteiger charge is 2.06. The summed E-state index contributed by atoms with van der Waals surface area (Å²) in [5.41, 5.74) is 5.60. The summed E-state index contributed by atoms with van der Waals surface area (Å²) in [7, 11) is 1.62. The van der Waals surface area contributed by atoms with Gasteiger partial charge in [-0.3, -0.25) is 0 Å². The van der Waals surface area contributed by atoms with E-state index in [1.54, 1.807) is 13.2 Å². The maximum atomic E-state index is 13.5. The Labute approximate surface area is 117 Å². The number of benzene rings is 1. The predicted molar refractivity (Wildman–Crippen MR) is 75.1 cm³/mol. The van der Waals surface area contributed by atoms with Crippen LogP contribution in [-0.2, 0) is 9.47 Å². The highest BCUT2D eigenvalue weighted by molar-refractivity contribution is 7.80. The first-order valence-electron chi connectivity index (χ1n) is 5.94. The van der Waals surface area contributed by atoms with Crippen LogP contribution in [0.4, 0.5) is 4.39 Å². The van der Waals surface area contributed by atoms with Gasteiger partial charge in [-0.15, -0.1) is 0 Å². The summed E-state index contributed by atoms with van der Waals surface area (Å²) in [4.78, 5) is 0.0376. The molecule has 0 heterocycles. The molecule has 0 atom stereocenters. The van der Waals surface area contributed by atoms with Gasteiger partial charge in [-0.25, -0.2) is 4.39 Å². The zero-order chi connectivity index (χ0) is 14.1. The van der Waals surface area contributed by atoms with E-state index < -0.39 is 5.82 Å². The first-order chi connectivity index (χ1) is 9.15. The number of thiocarbonyl (C=S) groups is 1. The van der Waals surface area contributed by atoms with Crippen molar-refractivity contribution in [3.63, 3.8) is 0 Å². The molecule has 0 unspecified atom stereocenters. The second-order valence-corrected chi connectivity index (χ2v) is 4.25. The van der Waals surface area contributed by atoms with Gasteiger partial charge in [-0.05, 0) is 12.1 Å². The smallest absolute Gasteiger partial charge is 0.137 e. The minimum absolute atomic E-state index is 0.0376. The average Bonchev–Trinajstić information content (AvgIpc) is 2.37. The van der Waals surface area contributed by atoms with Crippen LogP contribution in [0, 0.1) is 5.82 Å². The minimum Gasteiger partial charge on any atom is -0.493 e. The Bertz CT molecular complexity index is 415. The molecule has 1 rings (SSSR count). The Balaban J connectivity index is 2.26. The van der Waals surface area contributed by atoms with Crippen molar-refractivity contribution >= 4 is 17.2 Å². The van der Waals surface area contributed by atoms with Crippen LogP contribution in [0.15, 0.2) is 18.2 Å². The number of halogens is 1. The normalized spacial score (nSPS) is 10.4. The van der Waals surface area contributed by atoms with Crippen LogP contribution in [0.5, 0.6) is 5.75 Å². The Morgan fingerprint density at radius 1 is 1.26 bits per heavy atom. The quantitative estimate of drug-likeness (QED) is 0.555. The van der Waals surface area contributed by atoms with Crippen LogP contribution in [0.25, 0.3) is 0 Å². The lowest BCUT2D eigenvalue weighted by Gasteiger charge is -2.08. The summed E-state index contributed by atoms with van der Waals surface area (Å²) in [5, 5.41) is 0. The highest BCUT2D eigenvalue weighted by Crippen LogP contribution is 2.16. The summed E-state index contributed by atoms with van der Waals surface area (Å²) in [5.74, 6) is -0.0178. The zero-order valence-electron chi connectivity index (χ0n) is 10.9. The Hall–Kier alpha value is -1.24. The van der Waals surface area contributed by atoms with E-state index in [2.05, 4.69) is 0 Å². The van der Waals surface area contributed by atoms with Crippen LogP contribution in [0.1, 0.15) is 12.0 Å². The molecule has 0 saturated carbocycles. The fourth-order valence-corrected chi connectivity index (χ4v) is 1.55. The van der Waals surface area contributed by atoms with E-state index in [9.17, 15) is 4.39 Å². The molecule has 4 nitrogen and oxygen atoms in total. The van der Waals surface area contributed by atoms with Crippen molar-refractivity contribution in [3.05, 3.63) is 29.6 Å². The van der Waals surface area contributed by atoms with Crippen LogP contribution in [0.3, 0.4) is 0 Å². The molecule has 1 aromatic carbocycles. The molecule has 19 heavy (non-hydrogen) atoms. The van der Waals surface area contributed by atoms with Crippen LogP contribution >= 0.6 is 12.2 Å². The molecule has 106 valence electrons. The van der Waals surface area contributed by atoms with E-state index in [0.29, 0.717) is 32.2 Å². The first-order valence-corrected chi connectivity index (χ1v) is 6.35. The number of ether oxygens (including phenoxy) is 3. The molecule has 0 aliphatic rings. The maximum Gasteiger partial charge on any atom is 0.137 e.